The minimum absolute atomic E-state index is 0.489. The molecule has 110 valence electrons. The first kappa shape index (κ1) is 16.6. The lowest BCUT2D eigenvalue weighted by Gasteiger charge is -2.14. The monoisotopic (exact) mass is 272 g/mol. The van der Waals surface area contributed by atoms with Crippen LogP contribution in [0.15, 0.2) is 24.3 Å². The molecule has 0 N–H and O–H groups in total. The SMILES string of the molecule is C#CCC(CCC)c1ccc(OCCCCCC)cc1. The first-order valence-electron chi connectivity index (χ1n) is 7.98. The van der Waals surface area contributed by atoms with E-state index >= 15 is 0 Å². The van der Waals surface area contributed by atoms with Crippen LogP contribution in [0, 0.1) is 12.3 Å². The molecule has 0 radical (unpaired) electrons. The number of ether oxygens (including phenoxy) is 1. The summed E-state index contributed by atoms with van der Waals surface area (Å²) in [6.07, 6.45) is 13.6. The molecular weight excluding hydrogens is 244 g/mol. The van der Waals surface area contributed by atoms with Crippen molar-refractivity contribution in [2.75, 3.05) is 6.61 Å². The number of hydrogen-bond acceptors (Lipinski definition) is 1. The van der Waals surface area contributed by atoms with Gasteiger partial charge in [-0.1, -0.05) is 51.7 Å². The van der Waals surface area contributed by atoms with Crippen LogP contribution >= 0.6 is 0 Å². The molecule has 1 atom stereocenters. The second kappa shape index (κ2) is 10.4. The number of rotatable bonds is 10. The molecule has 0 bridgehead atoms. The lowest BCUT2D eigenvalue weighted by molar-refractivity contribution is 0.305. The van der Waals surface area contributed by atoms with Crippen LogP contribution in [0.3, 0.4) is 0 Å². The molecule has 0 aliphatic carbocycles. The molecule has 20 heavy (non-hydrogen) atoms. The Morgan fingerprint density at radius 3 is 2.40 bits per heavy atom. The third-order valence-electron chi connectivity index (χ3n) is 3.62. The maximum Gasteiger partial charge on any atom is 0.119 e. The van der Waals surface area contributed by atoms with Crippen molar-refractivity contribution in [2.45, 2.75) is 64.7 Å². The topological polar surface area (TPSA) is 9.23 Å². The molecule has 1 rings (SSSR count). The predicted molar refractivity (Wildman–Crippen MR) is 87.2 cm³/mol. The maximum atomic E-state index is 5.77. The van der Waals surface area contributed by atoms with Gasteiger partial charge in [-0.2, -0.15) is 0 Å². The molecule has 0 saturated carbocycles. The van der Waals surface area contributed by atoms with Crippen molar-refractivity contribution >= 4 is 0 Å². The first-order chi connectivity index (χ1) is 9.81. The summed E-state index contributed by atoms with van der Waals surface area (Å²) in [6.45, 7) is 5.25. The standard InChI is InChI=1S/C19H28O/c1-4-7-8-9-16-20-19-14-12-18(13-15-19)17(10-5-2)11-6-3/h2,12-15,17H,4,6-11,16H2,1,3H3. The number of benzene rings is 1. The van der Waals surface area contributed by atoms with E-state index in [4.69, 9.17) is 11.2 Å². The fourth-order valence-electron chi connectivity index (χ4n) is 2.43. The molecule has 0 saturated heterocycles. The normalized spacial score (nSPS) is 11.8. The van der Waals surface area contributed by atoms with Gasteiger partial charge in [0.15, 0.2) is 0 Å². The third-order valence-corrected chi connectivity index (χ3v) is 3.62. The highest BCUT2D eigenvalue weighted by atomic mass is 16.5. The Morgan fingerprint density at radius 2 is 1.80 bits per heavy atom. The van der Waals surface area contributed by atoms with Gasteiger partial charge in [-0.15, -0.1) is 12.3 Å². The molecule has 1 nitrogen and oxygen atoms in total. The van der Waals surface area contributed by atoms with Crippen molar-refractivity contribution in [3.63, 3.8) is 0 Å². The van der Waals surface area contributed by atoms with E-state index in [2.05, 4.69) is 44.0 Å². The number of hydrogen-bond donors (Lipinski definition) is 0. The van der Waals surface area contributed by atoms with E-state index in [0.29, 0.717) is 5.92 Å². The molecule has 0 fully saturated rings. The van der Waals surface area contributed by atoms with E-state index in [1.54, 1.807) is 0 Å². The summed E-state index contributed by atoms with van der Waals surface area (Å²) in [5.74, 6) is 4.25. The van der Waals surface area contributed by atoms with E-state index in [9.17, 15) is 0 Å². The van der Waals surface area contributed by atoms with E-state index in [1.807, 2.05) is 0 Å². The van der Waals surface area contributed by atoms with Gasteiger partial charge in [0.25, 0.3) is 0 Å². The molecule has 1 unspecified atom stereocenters. The van der Waals surface area contributed by atoms with Crippen LogP contribution in [0.5, 0.6) is 5.75 Å². The van der Waals surface area contributed by atoms with Gasteiger partial charge in [0.1, 0.15) is 5.75 Å². The summed E-state index contributed by atoms with van der Waals surface area (Å²) in [5.41, 5.74) is 1.34. The quantitative estimate of drug-likeness (QED) is 0.400. The minimum Gasteiger partial charge on any atom is -0.494 e. The highest BCUT2D eigenvalue weighted by Gasteiger charge is 2.09. The molecule has 1 heteroatoms. The Kier molecular flexibility index (Phi) is 8.63. The Labute approximate surface area is 124 Å². The Hall–Kier alpha value is -1.42. The third kappa shape index (κ3) is 6.15. The van der Waals surface area contributed by atoms with Crippen LogP contribution in [-0.4, -0.2) is 6.61 Å². The van der Waals surface area contributed by atoms with Gasteiger partial charge in [0.2, 0.25) is 0 Å². The fraction of sp³-hybridized carbons (Fsp3) is 0.579. The Balaban J connectivity index is 2.44. The second-order valence-corrected chi connectivity index (χ2v) is 5.37. The van der Waals surface area contributed by atoms with Crippen LogP contribution in [0.1, 0.15) is 70.3 Å². The summed E-state index contributed by atoms with van der Waals surface area (Å²) in [7, 11) is 0. The molecule has 1 aromatic carbocycles. The van der Waals surface area contributed by atoms with Crippen LogP contribution in [0.4, 0.5) is 0 Å². The second-order valence-electron chi connectivity index (χ2n) is 5.37. The van der Waals surface area contributed by atoms with Crippen LogP contribution in [0.25, 0.3) is 0 Å². The van der Waals surface area contributed by atoms with Gasteiger partial charge in [-0.3, -0.25) is 0 Å². The van der Waals surface area contributed by atoms with Crippen LogP contribution in [0.2, 0.25) is 0 Å². The highest BCUT2D eigenvalue weighted by Crippen LogP contribution is 2.26. The van der Waals surface area contributed by atoms with E-state index in [0.717, 1.165) is 31.6 Å². The summed E-state index contributed by atoms with van der Waals surface area (Å²) in [4.78, 5) is 0. The van der Waals surface area contributed by atoms with E-state index < -0.39 is 0 Å². The van der Waals surface area contributed by atoms with Crippen molar-refractivity contribution < 1.29 is 4.74 Å². The highest BCUT2D eigenvalue weighted by molar-refractivity contribution is 5.30. The van der Waals surface area contributed by atoms with Gasteiger partial charge in [0, 0.05) is 6.42 Å². The van der Waals surface area contributed by atoms with E-state index in [-0.39, 0.29) is 0 Å². The van der Waals surface area contributed by atoms with Gasteiger partial charge in [0.05, 0.1) is 6.61 Å². The predicted octanol–water partition coefficient (Wildman–Crippen LogP) is 5.55. The number of unbranched alkanes of at least 4 members (excludes halogenated alkanes) is 3. The molecule has 0 heterocycles. The van der Waals surface area contributed by atoms with Gasteiger partial charge in [-0.25, -0.2) is 0 Å². The van der Waals surface area contributed by atoms with Gasteiger partial charge < -0.3 is 4.74 Å². The Morgan fingerprint density at radius 1 is 1.05 bits per heavy atom. The molecule has 0 aromatic heterocycles. The van der Waals surface area contributed by atoms with Crippen molar-refractivity contribution in [2.24, 2.45) is 0 Å². The van der Waals surface area contributed by atoms with Crippen molar-refractivity contribution in [3.8, 4) is 18.1 Å². The van der Waals surface area contributed by atoms with Crippen LogP contribution in [-0.2, 0) is 0 Å². The Bertz CT molecular complexity index is 385. The maximum absolute atomic E-state index is 5.77. The van der Waals surface area contributed by atoms with Gasteiger partial charge >= 0.3 is 0 Å². The first-order valence-corrected chi connectivity index (χ1v) is 7.98. The fourth-order valence-corrected chi connectivity index (χ4v) is 2.43. The average Bonchev–Trinajstić information content (AvgIpc) is 2.47. The molecular formula is C19H28O. The van der Waals surface area contributed by atoms with Crippen molar-refractivity contribution in [3.05, 3.63) is 29.8 Å². The van der Waals surface area contributed by atoms with Crippen molar-refractivity contribution in [1.82, 2.24) is 0 Å². The number of terminal acetylenes is 1. The smallest absolute Gasteiger partial charge is 0.119 e. The van der Waals surface area contributed by atoms with E-state index in [1.165, 1.54) is 31.2 Å². The zero-order chi connectivity index (χ0) is 14.6. The molecule has 0 amide bonds. The minimum atomic E-state index is 0.489. The summed E-state index contributed by atoms with van der Waals surface area (Å²) >= 11 is 0. The van der Waals surface area contributed by atoms with Crippen LogP contribution < -0.4 is 4.74 Å². The molecule has 0 aliphatic rings. The lowest BCUT2D eigenvalue weighted by Crippen LogP contribution is -2.00. The lowest BCUT2D eigenvalue weighted by atomic mass is 9.92. The summed E-state index contributed by atoms with van der Waals surface area (Å²) in [5, 5.41) is 0. The largest absolute Gasteiger partial charge is 0.494 e. The van der Waals surface area contributed by atoms with Crippen molar-refractivity contribution in [1.29, 1.82) is 0 Å². The summed E-state index contributed by atoms with van der Waals surface area (Å²) in [6, 6.07) is 8.49. The average molecular weight is 272 g/mol. The molecule has 0 aliphatic heterocycles. The zero-order valence-corrected chi connectivity index (χ0v) is 13.0. The zero-order valence-electron chi connectivity index (χ0n) is 13.0. The molecule has 1 aromatic rings. The summed E-state index contributed by atoms with van der Waals surface area (Å²) < 4.78 is 5.77. The van der Waals surface area contributed by atoms with Gasteiger partial charge in [-0.05, 0) is 36.5 Å². The molecule has 0 spiro atoms.